The molecule has 4 aliphatic rings. The summed E-state index contributed by atoms with van der Waals surface area (Å²) in [6.45, 7) is 8.45. The van der Waals surface area contributed by atoms with E-state index in [0.29, 0.717) is 31.1 Å². The van der Waals surface area contributed by atoms with Crippen LogP contribution in [0.15, 0.2) is 0 Å². The van der Waals surface area contributed by atoms with E-state index in [1.165, 1.54) is 0 Å². The molecule has 0 aromatic carbocycles. The first kappa shape index (κ1) is 25.4. The van der Waals surface area contributed by atoms with Gasteiger partial charge in [-0.1, -0.05) is 40.5 Å². The van der Waals surface area contributed by atoms with E-state index >= 15 is 0 Å². The molecule has 4 saturated carbocycles. The van der Waals surface area contributed by atoms with Crippen LogP contribution in [0, 0.1) is 52.3 Å². The molecule has 0 aromatic heterocycles. The van der Waals surface area contributed by atoms with Gasteiger partial charge in [0.1, 0.15) is 0 Å². The Bertz CT molecular complexity index is 727. The first-order chi connectivity index (χ1) is 15.4. The van der Waals surface area contributed by atoms with E-state index in [0.717, 1.165) is 38.5 Å². The Morgan fingerprint density at radius 3 is 2.27 bits per heavy atom. The lowest BCUT2D eigenvalue weighted by molar-refractivity contribution is -0.243. The van der Waals surface area contributed by atoms with Crippen LogP contribution in [0.5, 0.6) is 0 Å². The lowest BCUT2D eigenvalue weighted by atomic mass is 9.42. The average molecular weight is 467 g/mol. The number of aliphatic carboxylic acids is 1. The quantitative estimate of drug-likeness (QED) is 0.409. The zero-order valence-corrected chi connectivity index (χ0v) is 20.9. The van der Waals surface area contributed by atoms with Gasteiger partial charge in [-0.25, -0.2) is 0 Å². The van der Waals surface area contributed by atoms with Gasteiger partial charge in [-0.3, -0.25) is 4.79 Å². The summed E-state index contributed by atoms with van der Waals surface area (Å²) in [6.07, 6.45) is 4.74. The SMILES string of the molecule is CC(CCCC(C)C1CCC2C3C(O)C(O)C4CC(O)CCC4(C)C3CC(O)C12C)C(=O)O. The van der Waals surface area contributed by atoms with Crippen molar-refractivity contribution in [2.75, 3.05) is 0 Å². The van der Waals surface area contributed by atoms with Crippen molar-refractivity contribution >= 4 is 5.97 Å². The Labute approximate surface area is 198 Å². The molecule has 4 aliphatic carbocycles. The fourth-order valence-electron chi connectivity index (χ4n) is 9.24. The summed E-state index contributed by atoms with van der Waals surface area (Å²) in [5.74, 6) is -0.163. The molecule has 0 bridgehead atoms. The van der Waals surface area contributed by atoms with Crippen LogP contribution in [0.1, 0.15) is 85.5 Å². The van der Waals surface area contributed by atoms with E-state index in [4.69, 9.17) is 0 Å². The monoisotopic (exact) mass is 466 g/mol. The first-order valence-corrected chi connectivity index (χ1v) is 13.4. The first-order valence-electron chi connectivity index (χ1n) is 13.4. The highest BCUT2D eigenvalue weighted by atomic mass is 16.4. The Hall–Kier alpha value is -0.690. The smallest absolute Gasteiger partial charge is 0.306 e. The largest absolute Gasteiger partial charge is 0.481 e. The highest BCUT2D eigenvalue weighted by Crippen LogP contribution is 2.68. The van der Waals surface area contributed by atoms with Crippen molar-refractivity contribution in [2.24, 2.45) is 52.3 Å². The molecule has 13 atom stereocenters. The van der Waals surface area contributed by atoms with E-state index in [2.05, 4.69) is 20.8 Å². The van der Waals surface area contributed by atoms with E-state index in [-0.39, 0.29) is 40.4 Å². The van der Waals surface area contributed by atoms with Crippen LogP contribution >= 0.6 is 0 Å². The van der Waals surface area contributed by atoms with E-state index in [9.17, 15) is 30.3 Å². The van der Waals surface area contributed by atoms with Crippen molar-refractivity contribution in [1.82, 2.24) is 0 Å². The Kier molecular flexibility index (Phi) is 6.98. The van der Waals surface area contributed by atoms with Gasteiger partial charge in [-0.15, -0.1) is 0 Å². The summed E-state index contributed by atoms with van der Waals surface area (Å²) in [5, 5.41) is 53.6. The summed E-state index contributed by atoms with van der Waals surface area (Å²) < 4.78 is 0. The standard InChI is InChI=1S/C27H46O6/c1-14(6-5-7-15(2)25(32)33)17-8-9-18-22-19(13-21(29)27(17,18)4)26(3)11-10-16(28)12-20(26)23(30)24(22)31/h14-24,28-31H,5-13H2,1-4H3,(H,32,33). The van der Waals surface area contributed by atoms with Crippen LogP contribution in [-0.4, -0.2) is 55.9 Å². The van der Waals surface area contributed by atoms with Gasteiger partial charge in [0.25, 0.3) is 0 Å². The molecule has 0 aromatic rings. The summed E-state index contributed by atoms with van der Waals surface area (Å²) in [4.78, 5) is 11.2. The number of aliphatic hydroxyl groups excluding tert-OH is 4. The maximum Gasteiger partial charge on any atom is 0.306 e. The lowest BCUT2D eigenvalue weighted by Crippen LogP contribution is -2.66. The highest BCUT2D eigenvalue weighted by Gasteiger charge is 2.67. The van der Waals surface area contributed by atoms with Crippen LogP contribution in [-0.2, 0) is 4.79 Å². The Morgan fingerprint density at radius 1 is 0.909 bits per heavy atom. The van der Waals surface area contributed by atoms with Gasteiger partial charge in [0.15, 0.2) is 0 Å². The second-order valence-corrected chi connectivity index (χ2v) is 12.8. The van der Waals surface area contributed by atoms with Crippen LogP contribution in [0.25, 0.3) is 0 Å². The predicted molar refractivity (Wildman–Crippen MR) is 125 cm³/mol. The number of fused-ring (bicyclic) bond motifs is 5. The molecule has 4 fully saturated rings. The summed E-state index contributed by atoms with van der Waals surface area (Å²) in [6, 6.07) is 0. The molecule has 4 rings (SSSR count). The number of rotatable bonds is 6. The van der Waals surface area contributed by atoms with Crippen molar-refractivity contribution in [3.8, 4) is 0 Å². The number of carboxylic acid groups (broad SMARTS) is 1. The minimum absolute atomic E-state index is 0.0193. The molecule has 6 nitrogen and oxygen atoms in total. The minimum atomic E-state index is -0.820. The average Bonchev–Trinajstić information content (AvgIpc) is 3.12. The topological polar surface area (TPSA) is 118 Å². The molecule has 0 heterocycles. The van der Waals surface area contributed by atoms with Gasteiger partial charge in [0.2, 0.25) is 0 Å². The normalized spacial score (nSPS) is 51.2. The van der Waals surface area contributed by atoms with Crippen LogP contribution in [0.2, 0.25) is 0 Å². The van der Waals surface area contributed by atoms with Crippen molar-refractivity contribution < 1.29 is 30.3 Å². The molecule has 0 spiro atoms. The van der Waals surface area contributed by atoms with E-state index in [1.54, 1.807) is 6.92 Å². The van der Waals surface area contributed by atoms with Crippen LogP contribution < -0.4 is 0 Å². The third-order valence-electron chi connectivity index (χ3n) is 11.3. The number of hydrogen-bond donors (Lipinski definition) is 5. The summed E-state index contributed by atoms with van der Waals surface area (Å²) in [5.41, 5.74) is -0.460. The number of aliphatic hydroxyl groups is 4. The number of carboxylic acids is 1. The molecule has 0 amide bonds. The zero-order valence-electron chi connectivity index (χ0n) is 20.9. The second kappa shape index (κ2) is 9.07. The second-order valence-electron chi connectivity index (χ2n) is 12.8. The predicted octanol–water partition coefficient (Wildman–Crippen LogP) is 3.45. The summed E-state index contributed by atoms with van der Waals surface area (Å²) >= 11 is 0. The van der Waals surface area contributed by atoms with Gasteiger partial charge >= 0.3 is 5.97 Å². The van der Waals surface area contributed by atoms with Crippen molar-refractivity contribution in [2.45, 2.75) is 110 Å². The van der Waals surface area contributed by atoms with Gasteiger partial charge < -0.3 is 25.5 Å². The van der Waals surface area contributed by atoms with Crippen molar-refractivity contribution in [1.29, 1.82) is 0 Å². The van der Waals surface area contributed by atoms with Crippen molar-refractivity contribution in [3.05, 3.63) is 0 Å². The van der Waals surface area contributed by atoms with Gasteiger partial charge in [-0.05, 0) is 91.3 Å². The van der Waals surface area contributed by atoms with Gasteiger partial charge in [-0.2, -0.15) is 0 Å². The Morgan fingerprint density at radius 2 is 1.61 bits per heavy atom. The summed E-state index contributed by atoms with van der Waals surface area (Å²) in [7, 11) is 0. The number of hydrogen-bond acceptors (Lipinski definition) is 5. The maximum absolute atomic E-state index is 11.6. The fraction of sp³-hybridized carbons (Fsp3) is 0.963. The molecule has 0 saturated heterocycles. The van der Waals surface area contributed by atoms with E-state index in [1.807, 2.05) is 0 Å². The zero-order chi connectivity index (χ0) is 24.3. The minimum Gasteiger partial charge on any atom is -0.481 e. The van der Waals surface area contributed by atoms with E-state index < -0.39 is 30.4 Å². The molecule has 0 radical (unpaired) electrons. The fourth-order valence-corrected chi connectivity index (χ4v) is 9.24. The molecular formula is C27H46O6. The molecule has 5 N–H and O–H groups in total. The molecular weight excluding hydrogens is 420 g/mol. The highest BCUT2D eigenvalue weighted by molar-refractivity contribution is 5.69. The van der Waals surface area contributed by atoms with Gasteiger partial charge in [0, 0.05) is 0 Å². The van der Waals surface area contributed by atoms with Crippen LogP contribution in [0.3, 0.4) is 0 Å². The third-order valence-corrected chi connectivity index (χ3v) is 11.3. The molecule has 13 unspecified atom stereocenters. The molecule has 0 aliphatic heterocycles. The molecule has 6 heteroatoms. The molecule has 190 valence electrons. The number of carbonyl (C=O) groups is 1. The molecule has 33 heavy (non-hydrogen) atoms. The van der Waals surface area contributed by atoms with Gasteiger partial charge in [0.05, 0.1) is 30.3 Å². The maximum atomic E-state index is 11.6. The van der Waals surface area contributed by atoms with Crippen LogP contribution in [0.4, 0.5) is 0 Å². The Balaban J connectivity index is 1.54. The van der Waals surface area contributed by atoms with Crippen molar-refractivity contribution in [3.63, 3.8) is 0 Å². The lowest BCUT2D eigenvalue weighted by Gasteiger charge is -2.64. The third kappa shape index (κ3) is 3.97.